The van der Waals surface area contributed by atoms with Gasteiger partial charge in [-0.2, -0.15) is 15.8 Å². The quantitative estimate of drug-likeness (QED) is 0.300. The number of carbonyl (C=O) groups excluding carboxylic acids is 1. The van der Waals surface area contributed by atoms with E-state index in [-0.39, 0.29) is 15.9 Å². The van der Waals surface area contributed by atoms with Gasteiger partial charge in [0, 0.05) is 29.3 Å². The number of hydrogen-bond donors (Lipinski definition) is 1. The monoisotopic (exact) mass is 508 g/mol. The summed E-state index contributed by atoms with van der Waals surface area (Å²) in [4.78, 5) is 13.3. The van der Waals surface area contributed by atoms with Crippen molar-refractivity contribution >= 4 is 64.1 Å². The summed E-state index contributed by atoms with van der Waals surface area (Å²) in [5.74, 6) is -0.277. The van der Waals surface area contributed by atoms with Crippen LogP contribution in [0.3, 0.4) is 0 Å². The van der Waals surface area contributed by atoms with Crippen molar-refractivity contribution in [2.45, 2.75) is 31.7 Å². The maximum Gasteiger partial charge on any atom is 0.313 e. The van der Waals surface area contributed by atoms with Crippen LogP contribution in [-0.2, 0) is 4.79 Å². The molecule has 0 radical (unpaired) electrons. The summed E-state index contributed by atoms with van der Waals surface area (Å²) in [7, 11) is 0. The molecule has 4 rings (SSSR count). The van der Waals surface area contributed by atoms with Crippen LogP contribution in [0.15, 0.2) is 47.6 Å². The van der Waals surface area contributed by atoms with Gasteiger partial charge in [-0.15, -0.1) is 4.00 Å². The Balaban J connectivity index is 1.65. The third kappa shape index (κ3) is 5.00. The first-order valence-corrected chi connectivity index (χ1v) is 12.2. The third-order valence-corrected chi connectivity index (χ3v) is 7.32. The Morgan fingerprint density at radius 1 is 1.09 bits per heavy atom. The zero-order valence-electron chi connectivity index (χ0n) is 17.1. The number of nitrogens with one attached hydrogen (secondary N) is 1. The Bertz CT molecular complexity index is 1080. The Morgan fingerprint density at radius 2 is 1.78 bits per heavy atom. The topological polar surface area (TPSA) is 68.5 Å². The van der Waals surface area contributed by atoms with Gasteiger partial charge >= 0.3 is 5.91 Å². The van der Waals surface area contributed by atoms with Crippen molar-refractivity contribution in [1.29, 1.82) is 5.26 Å². The Kier molecular flexibility index (Phi) is 7.18. The molecule has 0 bridgehead atoms. The average Bonchev–Trinajstić information content (AvgIpc) is 3.20. The second-order valence-corrected chi connectivity index (χ2v) is 10.1. The van der Waals surface area contributed by atoms with Gasteiger partial charge in [-0.05, 0) is 42.3 Å². The molecule has 2 heterocycles. The molecule has 2 aromatic rings. The van der Waals surface area contributed by atoms with Gasteiger partial charge in [-0.3, -0.25) is 9.80 Å². The highest BCUT2D eigenvalue weighted by Gasteiger charge is 2.39. The average molecular weight is 510 g/mol. The number of halogens is 3. The van der Waals surface area contributed by atoms with E-state index in [2.05, 4.69) is 15.9 Å². The fourth-order valence-electron chi connectivity index (χ4n) is 4.06. The van der Waals surface area contributed by atoms with E-state index < -0.39 is 0 Å². The minimum absolute atomic E-state index is 0.196. The van der Waals surface area contributed by atoms with E-state index in [0.29, 0.717) is 46.0 Å². The zero-order chi connectivity index (χ0) is 22.7. The summed E-state index contributed by atoms with van der Waals surface area (Å²) in [5, 5.41) is 19.5. The number of thiocyanates is 1. The molecule has 0 spiro atoms. The van der Waals surface area contributed by atoms with Gasteiger partial charge in [-0.25, -0.2) is 0 Å². The van der Waals surface area contributed by atoms with Crippen molar-refractivity contribution in [3.8, 4) is 5.40 Å². The summed E-state index contributed by atoms with van der Waals surface area (Å²) < 4.78 is 0.196. The van der Waals surface area contributed by atoms with Crippen LogP contribution < -0.4 is 10.4 Å². The number of anilines is 1. The number of hydrazone groups is 1. The lowest BCUT2D eigenvalue weighted by molar-refractivity contribution is -0.836. The number of piperidine rings is 1. The minimum atomic E-state index is -0.277. The predicted molar refractivity (Wildman–Crippen MR) is 130 cm³/mol. The van der Waals surface area contributed by atoms with Gasteiger partial charge in [0.05, 0.1) is 16.8 Å². The second kappa shape index (κ2) is 9.90. The van der Waals surface area contributed by atoms with E-state index in [1.165, 1.54) is 0 Å². The molecule has 0 aromatic heterocycles. The predicted octanol–water partition coefficient (Wildman–Crippen LogP) is 6.12. The molecular formula is C22H21Cl3N5OS+. The maximum atomic E-state index is 13.3. The fraction of sp³-hybridized carbons (Fsp3) is 0.318. The molecule has 1 atom stereocenters. The molecule has 6 nitrogen and oxygen atoms in total. The number of benzene rings is 2. The smallest absolute Gasteiger partial charge is 0.263 e. The Morgan fingerprint density at radius 3 is 2.44 bits per heavy atom. The van der Waals surface area contributed by atoms with Crippen molar-refractivity contribution in [2.24, 2.45) is 5.10 Å². The zero-order valence-corrected chi connectivity index (χ0v) is 20.2. The highest BCUT2D eigenvalue weighted by Crippen LogP contribution is 2.40. The molecule has 1 amide bonds. The van der Waals surface area contributed by atoms with Crippen LogP contribution in [0, 0.1) is 10.7 Å². The lowest BCUT2D eigenvalue weighted by Crippen LogP contribution is -2.58. The molecule has 2 aliphatic heterocycles. The molecule has 2 aromatic carbocycles. The van der Waals surface area contributed by atoms with Crippen LogP contribution in [-0.4, -0.2) is 28.7 Å². The fourth-order valence-corrected chi connectivity index (χ4v) is 5.40. The highest BCUT2D eigenvalue weighted by atomic mass is 35.5. The van der Waals surface area contributed by atoms with Gasteiger partial charge in [0.25, 0.3) is 0 Å². The standard InChI is InChI=1S/C22H20Cl3N5OS/c23-16-6-4-15(5-7-16)21-13-19(27-29(21)20-9-8-17(24)12-18(20)25)22(31)28-30(32-14-26)10-2-1-3-11-30/h4-9,12,21H,1-3,10-11,13H2/p+1/t21-/m1/s1. The summed E-state index contributed by atoms with van der Waals surface area (Å²) in [6.07, 6.45) is 3.41. The summed E-state index contributed by atoms with van der Waals surface area (Å²) >= 11 is 19.7. The number of nitrogens with zero attached hydrogens (tertiary/aromatic N) is 4. The van der Waals surface area contributed by atoms with Crippen molar-refractivity contribution < 1.29 is 8.79 Å². The van der Waals surface area contributed by atoms with Crippen LogP contribution >= 0.6 is 46.8 Å². The number of rotatable bonds is 5. The molecular weight excluding hydrogens is 489 g/mol. The number of carbonyl (C=O) groups is 1. The molecule has 0 aliphatic carbocycles. The van der Waals surface area contributed by atoms with E-state index in [9.17, 15) is 10.1 Å². The van der Waals surface area contributed by atoms with Crippen LogP contribution in [0.2, 0.25) is 15.1 Å². The summed E-state index contributed by atoms with van der Waals surface area (Å²) in [6.45, 7) is 1.43. The number of hydrogen-bond acceptors (Lipinski definition) is 5. The number of amides is 1. The molecule has 1 saturated heterocycles. The van der Waals surface area contributed by atoms with Crippen molar-refractivity contribution in [1.82, 2.24) is 5.43 Å². The van der Waals surface area contributed by atoms with Gasteiger partial charge in [-0.1, -0.05) is 46.9 Å². The van der Waals surface area contributed by atoms with Crippen LogP contribution in [0.4, 0.5) is 5.69 Å². The second-order valence-electron chi connectivity index (χ2n) is 7.78. The van der Waals surface area contributed by atoms with E-state index >= 15 is 0 Å². The third-order valence-electron chi connectivity index (χ3n) is 5.64. The molecule has 1 fully saturated rings. The first kappa shape index (κ1) is 23.2. The molecule has 166 valence electrons. The highest BCUT2D eigenvalue weighted by molar-refractivity contribution is 7.98. The molecule has 10 heteroatoms. The summed E-state index contributed by atoms with van der Waals surface area (Å²) in [5.41, 5.74) is 5.06. The SMILES string of the molecule is N#CS[N+]1(NC(=O)C2=NN(c3ccc(Cl)cc3Cl)[C@@H](c3ccc(Cl)cc3)C2)CCCCC1. The van der Waals surface area contributed by atoms with Crippen LogP contribution in [0.1, 0.15) is 37.3 Å². The Hall–Kier alpha value is -1.95. The first-order valence-electron chi connectivity index (χ1n) is 10.3. The maximum absolute atomic E-state index is 13.3. The molecule has 0 saturated carbocycles. The van der Waals surface area contributed by atoms with E-state index in [4.69, 9.17) is 34.8 Å². The normalized spacial score (nSPS) is 19.9. The molecule has 2 aliphatic rings. The van der Waals surface area contributed by atoms with E-state index in [1.807, 2.05) is 24.3 Å². The number of nitriles is 1. The van der Waals surface area contributed by atoms with Crippen LogP contribution in [0.5, 0.6) is 0 Å². The first-order chi connectivity index (χ1) is 15.4. The molecule has 0 unspecified atom stereocenters. The van der Waals surface area contributed by atoms with Gasteiger partial charge in [0.15, 0.2) is 5.40 Å². The van der Waals surface area contributed by atoms with Crippen molar-refractivity contribution in [2.75, 3.05) is 18.1 Å². The molecule has 32 heavy (non-hydrogen) atoms. The molecule has 1 N–H and O–H groups in total. The van der Waals surface area contributed by atoms with Gasteiger partial charge < -0.3 is 0 Å². The van der Waals surface area contributed by atoms with Crippen molar-refractivity contribution in [3.63, 3.8) is 0 Å². The lowest BCUT2D eigenvalue weighted by Gasteiger charge is -2.35. The minimum Gasteiger partial charge on any atom is -0.263 e. The van der Waals surface area contributed by atoms with Gasteiger partial charge in [0.1, 0.15) is 18.8 Å². The van der Waals surface area contributed by atoms with E-state index in [0.717, 1.165) is 36.8 Å². The largest absolute Gasteiger partial charge is 0.313 e. The van der Waals surface area contributed by atoms with Crippen molar-refractivity contribution in [3.05, 3.63) is 63.1 Å². The van der Waals surface area contributed by atoms with Gasteiger partial charge in [0.2, 0.25) is 11.9 Å². The van der Waals surface area contributed by atoms with E-state index in [1.54, 1.807) is 23.2 Å². The Labute approximate surface area is 206 Å². The summed E-state index contributed by atoms with van der Waals surface area (Å²) in [6, 6.07) is 12.4. The lowest BCUT2D eigenvalue weighted by atomic mass is 10.0. The van der Waals surface area contributed by atoms with Crippen LogP contribution in [0.25, 0.3) is 0 Å². The number of quaternary nitrogens is 1.